The van der Waals surface area contributed by atoms with Gasteiger partial charge in [-0.15, -0.1) is 11.6 Å². The van der Waals surface area contributed by atoms with E-state index in [-0.39, 0.29) is 11.5 Å². The molecule has 0 unspecified atom stereocenters. The second-order valence-corrected chi connectivity index (χ2v) is 2.62. The summed E-state index contributed by atoms with van der Waals surface area (Å²) in [5.74, 6) is -2.69. The molecule has 0 amide bonds. The first-order valence-electron chi connectivity index (χ1n) is 3.81. The van der Waals surface area contributed by atoms with Crippen LogP contribution < -0.4 is 0 Å². The smallest absolute Gasteiger partial charge is 0.342 e. The predicted octanol–water partition coefficient (Wildman–Crippen LogP) is 0.366. The maximum Gasteiger partial charge on any atom is 0.342 e. The molecule has 0 aromatic heterocycles. The number of carboxylic acid groups (broad SMARTS) is 1. The Morgan fingerprint density at radius 1 is 1.47 bits per heavy atom. The number of aliphatic imine (C=N–C) groups is 1. The van der Waals surface area contributed by atoms with Gasteiger partial charge in [-0.1, -0.05) is 0 Å². The van der Waals surface area contributed by atoms with Gasteiger partial charge in [0.25, 0.3) is 0 Å². The zero-order valence-corrected chi connectivity index (χ0v) is 8.69. The number of nitrogens with zero attached hydrogens (tertiary/aromatic N) is 1. The van der Waals surface area contributed by atoms with Crippen molar-refractivity contribution in [2.24, 2.45) is 4.99 Å². The van der Waals surface area contributed by atoms with Crippen LogP contribution in [0.4, 0.5) is 0 Å². The average Bonchev–Trinajstić information content (AvgIpc) is 2.22. The SMILES string of the molecule is COC(=O)/C(C=NCC(=O)O)=C(/O)CCl. The summed E-state index contributed by atoms with van der Waals surface area (Å²) in [6, 6.07) is 0. The molecule has 0 fully saturated rings. The first kappa shape index (κ1) is 13.4. The number of esters is 1. The van der Waals surface area contributed by atoms with Crippen LogP contribution in [0.1, 0.15) is 0 Å². The number of rotatable bonds is 5. The standard InChI is InChI=1S/C8H10ClNO5/c1-15-8(14)5(6(11)2-9)3-10-4-7(12)13/h3,11H,2,4H2,1H3,(H,12,13)/b6-5+,10-3?. The minimum Gasteiger partial charge on any atom is -0.510 e. The number of methoxy groups -OCH3 is 1. The normalized spacial score (nSPS) is 12.4. The van der Waals surface area contributed by atoms with E-state index in [0.717, 1.165) is 13.3 Å². The highest BCUT2D eigenvalue weighted by Crippen LogP contribution is 2.03. The van der Waals surface area contributed by atoms with Crippen molar-refractivity contribution in [2.75, 3.05) is 19.5 Å². The van der Waals surface area contributed by atoms with Crippen molar-refractivity contribution in [2.45, 2.75) is 0 Å². The molecule has 15 heavy (non-hydrogen) atoms. The number of hydrogen-bond donors (Lipinski definition) is 2. The molecular formula is C8H10ClNO5. The Hall–Kier alpha value is -1.56. The largest absolute Gasteiger partial charge is 0.510 e. The minimum absolute atomic E-state index is 0.256. The Balaban J connectivity index is 4.75. The number of aliphatic hydroxyl groups excluding tert-OH is 1. The number of halogens is 1. The Morgan fingerprint density at radius 2 is 2.07 bits per heavy atom. The van der Waals surface area contributed by atoms with Crippen molar-refractivity contribution in [3.8, 4) is 0 Å². The molecule has 84 valence electrons. The van der Waals surface area contributed by atoms with Gasteiger partial charge >= 0.3 is 11.9 Å². The number of carbonyl (C=O) groups is 2. The van der Waals surface area contributed by atoms with Gasteiger partial charge < -0.3 is 14.9 Å². The van der Waals surface area contributed by atoms with Crippen molar-refractivity contribution in [1.82, 2.24) is 0 Å². The molecule has 0 aromatic rings. The molecule has 6 nitrogen and oxygen atoms in total. The van der Waals surface area contributed by atoms with Crippen molar-refractivity contribution in [3.05, 3.63) is 11.3 Å². The van der Waals surface area contributed by atoms with Crippen LogP contribution in [-0.2, 0) is 14.3 Å². The number of ether oxygens (including phenoxy) is 1. The fraction of sp³-hybridized carbons (Fsp3) is 0.375. The quantitative estimate of drug-likeness (QED) is 0.236. The van der Waals surface area contributed by atoms with E-state index in [9.17, 15) is 14.7 Å². The van der Waals surface area contributed by atoms with Gasteiger partial charge in [-0.25, -0.2) is 4.79 Å². The van der Waals surface area contributed by atoms with Crippen molar-refractivity contribution in [3.63, 3.8) is 0 Å². The van der Waals surface area contributed by atoms with E-state index < -0.39 is 24.2 Å². The second-order valence-electron chi connectivity index (χ2n) is 2.35. The van der Waals surface area contributed by atoms with E-state index in [4.69, 9.17) is 16.7 Å². The molecule has 0 radical (unpaired) electrons. The molecule has 2 N–H and O–H groups in total. The Morgan fingerprint density at radius 3 is 2.47 bits per heavy atom. The molecule has 0 heterocycles. The van der Waals surface area contributed by atoms with Crippen LogP contribution in [0.3, 0.4) is 0 Å². The fourth-order valence-electron chi connectivity index (χ4n) is 0.642. The summed E-state index contributed by atoms with van der Waals surface area (Å²) < 4.78 is 4.34. The number of hydrogen-bond acceptors (Lipinski definition) is 5. The molecule has 0 aliphatic heterocycles. The van der Waals surface area contributed by atoms with Crippen molar-refractivity contribution < 1.29 is 24.5 Å². The van der Waals surface area contributed by atoms with Gasteiger partial charge in [0, 0.05) is 6.21 Å². The molecule has 0 saturated carbocycles. The highest BCUT2D eigenvalue weighted by atomic mass is 35.5. The monoisotopic (exact) mass is 235 g/mol. The molecule has 0 aliphatic carbocycles. The number of allylic oxidation sites excluding steroid dienone is 1. The number of carbonyl (C=O) groups excluding carboxylic acids is 1. The Labute approximate surface area is 90.8 Å². The van der Waals surface area contributed by atoms with Crippen molar-refractivity contribution >= 4 is 29.8 Å². The highest BCUT2D eigenvalue weighted by Gasteiger charge is 2.12. The molecule has 0 spiro atoms. The van der Waals surface area contributed by atoms with E-state index in [1.807, 2.05) is 0 Å². The van der Waals surface area contributed by atoms with Crippen LogP contribution in [0.5, 0.6) is 0 Å². The molecule has 0 aromatic carbocycles. The van der Waals surface area contributed by atoms with E-state index in [1.165, 1.54) is 0 Å². The van der Waals surface area contributed by atoms with Crippen LogP contribution in [0, 0.1) is 0 Å². The van der Waals surface area contributed by atoms with E-state index in [0.29, 0.717) is 0 Å². The van der Waals surface area contributed by atoms with Gasteiger partial charge in [-0.2, -0.15) is 0 Å². The lowest BCUT2D eigenvalue weighted by Gasteiger charge is -2.01. The number of aliphatic carboxylic acids is 1. The summed E-state index contributed by atoms with van der Waals surface area (Å²) in [4.78, 5) is 24.6. The first-order chi connectivity index (χ1) is 7.02. The maximum absolute atomic E-state index is 11.1. The average molecular weight is 236 g/mol. The summed E-state index contributed by atoms with van der Waals surface area (Å²) in [6.45, 7) is -0.504. The summed E-state index contributed by atoms with van der Waals surface area (Å²) in [6.07, 6.45) is 0.914. The highest BCUT2D eigenvalue weighted by molar-refractivity contribution is 6.20. The summed E-state index contributed by atoms with van der Waals surface area (Å²) in [5, 5.41) is 17.5. The van der Waals surface area contributed by atoms with Crippen LogP contribution >= 0.6 is 11.6 Å². The zero-order valence-electron chi connectivity index (χ0n) is 7.94. The van der Waals surface area contributed by atoms with E-state index in [2.05, 4.69) is 9.73 Å². The van der Waals surface area contributed by atoms with Gasteiger partial charge in [-0.3, -0.25) is 9.79 Å². The lowest BCUT2D eigenvalue weighted by atomic mass is 10.2. The number of alkyl halides is 1. The topological polar surface area (TPSA) is 96.2 Å². The first-order valence-corrected chi connectivity index (χ1v) is 4.34. The third kappa shape index (κ3) is 5.02. The molecule has 0 atom stereocenters. The summed E-state index contributed by atoms with van der Waals surface area (Å²) in [7, 11) is 1.12. The van der Waals surface area contributed by atoms with Crippen molar-refractivity contribution in [1.29, 1.82) is 0 Å². The minimum atomic E-state index is -1.15. The lowest BCUT2D eigenvalue weighted by Crippen LogP contribution is -2.11. The van der Waals surface area contributed by atoms with Crippen LogP contribution in [-0.4, -0.2) is 47.9 Å². The molecule has 0 bridgehead atoms. The number of aliphatic hydroxyl groups is 1. The van der Waals surface area contributed by atoms with Gasteiger partial charge in [0.05, 0.1) is 13.0 Å². The maximum atomic E-state index is 11.1. The second kappa shape index (κ2) is 6.83. The lowest BCUT2D eigenvalue weighted by molar-refractivity contribution is -0.136. The van der Waals surface area contributed by atoms with Gasteiger partial charge in [0.15, 0.2) is 0 Å². The molecule has 0 rings (SSSR count). The van der Waals surface area contributed by atoms with E-state index >= 15 is 0 Å². The van der Waals surface area contributed by atoms with Crippen LogP contribution in [0.25, 0.3) is 0 Å². The summed E-state index contributed by atoms with van der Waals surface area (Å²) >= 11 is 5.30. The third-order valence-corrected chi connectivity index (χ3v) is 1.54. The molecular weight excluding hydrogens is 226 g/mol. The number of carboxylic acids is 1. The fourth-order valence-corrected chi connectivity index (χ4v) is 0.786. The third-order valence-electron chi connectivity index (χ3n) is 1.29. The van der Waals surface area contributed by atoms with Gasteiger partial charge in [0.1, 0.15) is 17.9 Å². The Kier molecular flexibility index (Phi) is 6.12. The zero-order chi connectivity index (χ0) is 11.8. The van der Waals surface area contributed by atoms with Gasteiger partial charge in [-0.05, 0) is 0 Å². The molecule has 7 heteroatoms. The predicted molar refractivity (Wildman–Crippen MR) is 53.4 cm³/mol. The van der Waals surface area contributed by atoms with Gasteiger partial charge in [0.2, 0.25) is 0 Å². The van der Waals surface area contributed by atoms with Crippen LogP contribution in [0.2, 0.25) is 0 Å². The molecule has 0 saturated heterocycles. The van der Waals surface area contributed by atoms with E-state index in [1.54, 1.807) is 0 Å². The molecule has 0 aliphatic rings. The van der Waals surface area contributed by atoms with Crippen LogP contribution in [0.15, 0.2) is 16.3 Å². The Bertz CT molecular complexity index is 310. The summed E-state index contributed by atoms with van der Waals surface area (Å²) in [5.41, 5.74) is -0.256.